The van der Waals surface area contributed by atoms with Crippen molar-refractivity contribution in [1.82, 2.24) is 10.1 Å². The minimum atomic E-state index is 0.392. The van der Waals surface area contributed by atoms with Gasteiger partial charge in [-0.2, -0.15) is 0 Å². The van der Waals surface area contributed by atoms with Crippen molar-refractivity contribution < 1.29 is 4.52 Å². The molecular weight excluding hydrogens is 202 g/mol. The summed E-state index contributed by atoms with van der Waals surface area (Å²) >= 11 is 0. The SMILES string of the molecule is Cc1cc(C)c2nc3onc(N)c3cc2c1. The van der Waals surface area contributed by atoms with E-state index < -0.39 is 0 Å². The first-order chi connectivity index (χ1) is 7.65. The van der Waals surface area contributed by atoms with Crippen LogP contribution in [0.5, 0.6) is 0 Å². The summed E-state index contributed by atoms with van der Waals surface area (Å²) in [7, 11) is 0. The van der Waals surface area contributed by atoms with Gasteiger partial charge in [0.15, 0.2) is 5.82 Å². The summed E-state index contributed by atoms with van der Waals surface area (Å²) in [6, 6.07) is 6.16. The van der Waals surface area contributed by atoms with Crippen molar-refractivity contribution in [3.63, 3.8) is 0 Å². The molecule has 2 aromatic heterocycles. The van der Waals surface area contributed by atoms with Crippen LogP contribution in [0.4, 0.5) is 5.82 Å². The Bertz CT molecular complexity index is 700. The summed E-state index contributed by atoms with van der Waals surface area (Å²) in [4.78, 5) is 4.43. The zero-order valence-electron chi connectivity index (χ0n) is 9.11. The lowest BCUT2D eigenvalue weighted by atomic mass is 10.1. The van der Waals surface area contributed by atoms with E-state index in [2.05, 4.69) is 29.2 Å². The Hall–Kier alpha value is -2.10. The number of nitrogen functional groups attached to an aromatic ring is 1. The van der Waals surface area contributed by atoms with Crippen LogP contribution in [0.25, 0.3) is 22.0 Å². The second kappa shape index (κ2) is 2.95. The normalized spacial score (nSPS) is 11.4. The number of benzene rings is 1. The molecule has 0 spiro atoms. The Morgan fingerprint density at radius 2 is 2.00 bits per heavy atom. The van der Waals surface area contributed by atoms with Crippen LogP contribution in [0.1, 0.15) is 11.1 Å². The predicted molar refractivity (Wildman–Crippen MR) is 63.2 cm³/mol. The molecule has 4 heteroatoms. The van der Waals surface area contributed by atoms with E-state index in [1.165, 1.54) is 5.56 Å². The van der Waals surface area contributed by atoms with Gasteiger partial charge in [0.25, 0.3) is 5.71 Å². The molecule has 16 heavy (non-hydrogen) atoms. The molecule has 0 aliphatic rings. The highest BCUT2D eigenvalue weighted by molar-refractivity contribution is 5.96. The van der Waals surface area contributed by atoms with Crippen LogP contribution in [-0.4, -0.2) is 10.1 Å². The Kier molecular flexibility index (Phi) is 1.68. The number of hydrogen-bond acceptors (Lipinski definition) is 4. The van der Waals surface area contributed by atoms with Gasteiger partial charge in [-0.1, -0.05) is 16.8 Å². The topological polar surface area (TPSA) is 64.9 Å². The highest BCUT2D eigenvalue weighted by atomic mass is 16.5. The third-order valence-corrected chi connectivity index (χ3v) is 2.72. The lowest BCUT2D eigenvalue weighted by Crippen LogP contribution is -1.87. The quantitative estimate of drug-likeness (QED) is 0.623. The van der Waals surface area contributed by atoms with E-state index in [1.807, 2.05) is 13.0 Å². The Balaban J connectivity index is 2.53. The van der Waals surface area contributed by atoms with Crippen molar-refractivity contribution in [2.24, 2.45) is 0 Å². The summed E-state index contributed by atoms with van der Waals surface area (Å²) in [5.74, 6) is 0.392. The number of aromatic nitrogens is 2. The van der Waals surface area contributed by atoms with Crippen LogP contribution in [0.3, 0.4) is 0 Å². The number of rotatable bonds is 0. The minimum Gasteiger partial charge on any atom is -0.380 e. The molecule has 0 aliphatic heterocycles. The molecule has 0 unspecified atom stereocenters. The molecule has 1 aromatic carbocycles. The summed E-state index contributed by atoms with van der Waals surface area (Å²) in [5, 5.41) is 5.56. The van der Waals surface area contributed by atoms with Gasteiger partial charge in [-0.15, -0.1) is 0 Å². The van der Waals surface area contributed by atoms with Crippen LogP contribution in [0.15, 0.2) is 22.7 Å². The lowest BCUT2D eigenvalue weighted by molar-refractivity contribution is 0.453. The van der Waals surface area contributed by atoms with Gasteiger partial charge < -0.3 is 10.3 Å². The van der Waals surface area contributed by atoms with Gasteiger partial charge >= 0.3 is 0 Å². The number of nitrogens with zero attached hydrogens (tertiary/aromatic N) is 2. The Labute approximate surface area is 92.0 Å². The number of hydrogen-bond donors (Lipinski definition) is 1. The zero-order valence-corrected chi connectivity index (χ0v) is 9.11. The first kappa shape index (κ1) is 9.15. The number of aryl methyl sites for hydroxylation is 2. The van der Waals surface area contributed by atoms with Crippen LogP contribution in [-0.2, 0) is 0 Å². The molecule has 2 heterocycles. The molecule has 80 valence electrons. The second-order valence-electron chi connectivity index (χ2n) is 4.06. The van der Waals surface area contributed by atoms with E-state index in [0.29, 0.717) is 11.5 Å². The van der Waals surface area contributed by atoms with Crippen molar-refractivity contribution in [3.8, 4) is 0 Å². The van der Waals surface area contributed by atoms with Crippen molar-refractivity contribution in [1.29, 1.82) is 0 Å². The van der Waals surface area contributed by atoms with Gasteiger partial charge in [-0.3, -0.25) is 0 Å². The maximum atomic E-state index is 5.70. The summed E-state index contributed by atoms with van der Waals surface area (Å²) in [6.07, 6.45) is 0. The predicted octanol–water partition coefficient (Wildman–Crippen LogP) is 2.58. The maximum absolute atomic E-state index is 5.70. The van der Waals surface area contributed by atoms with E-state index >= 15 is 0 Å². The van der Waals surface area contributed by atoms with E-state index in [1.54, 1.807) is 0 Å². The average Bonchev–Trinajstić information content (AvgIpc) is 2.58. The lowest BCUT2D eigenvalue weighted by Gasteiger charge is -2.02. The standard InChI is InChI=1S/C12H11N3O/c1-6-3-7(2)10-8(4-6)5-9-11(13)15-16-12(9)14-10/h3-5H,1-2H3,(H2,13,15). The number of anilines is 1. The smallest absolute Gasteiger partial charge is 0.260 e. The van der Waals surface area contributed by atoms with Crippen molar-refractivity contribution >= 4 is 27.8 Å². The van der Waals surface area contributed by atoms with Gasteiger partial charge in [0, 0.05) is 5.39 Å². The fourth-order valence-electron chi connectivity index (χ4n) is 2.03. The fraction of sp³-hybridized carbons (Fsp3) is 0.167. The average molecular weight is 213 g/mol. The third kappa shape index (κ3) is 1.16. The van der Waals surface area contributed by atoms with Crippen molar-refractivity contribution in [2.75, 3.05) is 5.73 Å². The van der Waals surface area contributed by atoms with Crippen molar-refractivity contribution in [3.05, 3.63) is 29.3 Å². The van der Waals surface area contributed by atoms with Crippen LogP contribution in [0.2, 0.25) is 0 Å². The monoisotopic (exact) mass is 213 g/mol. The molecule has 0 saturated heterocycles. The molecule has 0 aliphatic carbocycles. The van der Waals surface area contributed by atoms with Crippen LogP contribution >= 0.6 is 0 Å². The molecule has 2 N–H and O–H groups in total. The van der Waals surface area contributed by atoms with E-state index in [-0.39, 0.29) is 0 Å². The van der Waals surface area contributed by atoms with Crippen LogP contribution in [0, 0.1) is 13.8 Å². The third-order valence-electron chi connectivity index (χ3n) is 2.72. The molecule has 0 atom stereocenters. The van der Waals surface area contributed by atoms with Gasteiger partial charge in [0.2, 0.25) is 0 Å². The largest absolute Gasteiger partial charge is 0.380 e. The highest BCUT2D eigenvalue weighted by Gasteiger charge is 2.09. The molecule has 0 bridgehead atoms. The zero-order chi connectivity index (χ0) is 11.3. The fourth-order valence-corrected chi connectivity index (χ4v) is 2.03. The van der Waals surface area contributed by atoms with E-state index in [4.69, 9.17) is 10.3 Å². The Morgan fingerprint density at radius 1 is 1.19 bits per heavy atom. The maximum Gasteiger partial charge on any atom is 0.260 e. The molecule has 3 rings (SSSR count). The molecule has 0 saturated carbocycles. The minimum absolute atomic E-state index is 0.392. The first-order valence-corrected chi connectivity index (χ1v) is 5.08. The van der Waals surface area contributed by atoms with E-state index in [0.717, 1.165) is 21.9 Å². The summed E-state index contributed by atoms with van der Waals surface area (Å²) < 4.78 is 5.06. The van der Waals surface area contributed by atoms with Gasteiger partial charge in [0.1, 0.15) is 0 Å². The highest BCUT2D eigenvalue weighted by Crippen LogP contribution is 2.26. The second-order valence-corrected chi connectivity index (χ2v) is 4.06. The summed E-state index contributed by atoms with van der Waals surface area (Å²) in [5.41, 5.74) is 9.48. The number of nitrogens with two attached hydrogens (primary N) is 1. The molecule has 0 fully saturated rings. The number of fused-ring (bicyclic) bond motifs is 2. The summed E-state index contributed by atoms with van der Waals surface area (Å²) in [6.45, 7) is 4.10. The Morgan fingerprint density at radius 3 is 2.81 bits per heavy atom. The van der Waals surface area contributed by atoms with Gasteiger partial charge in [0.05, 0.1) is 10.9 Å². The molecule has 3 aromatic rings. The number of pyridine rings is 1. The van der Waals surface area contributed by atoms with Gasteiger partial charge in [-0.25, -0.2) is 4.98 Å². The van der Waals surface area contributed by atoms with Crippen LogP contribution < -0.4 is 5.73 Å². The first-order valence-electron chi connectivity index (χ1n) is 5.08. The van der Waals surface area contributed by atoms with Crippen molar-refractivity contribution in [2.45, 2.75) is 13.8 Å². The van der Waals surface area contributed by atoms with E-state index in [9.17, 15) is 0 Å². The molecule has 0 radical (unpaired) electrons. The molecule has 4 nitrogen and oxygen atoms in total. The molecular formula is C12H11N3O. The molecule has 0 amide bonds. The van der Waals surface area contributed by atoms with Gasteiger partial charge in [-0.05, 0) is 31.5 Å².